The second kappa shape index (κ2) is 9.75. The molecule has 0 bridgehead atoms. The van der Waals surface area contributed by atoms with E-state index in [0.717, 1.165) is 37.2 Å². The number of carbonyl (C=O) groups excluding carboxylic acids is 1. The second-order valence-electron chi connectivity index (χ2n) is 8.92. The molecule has 1 saturated heterocycles. The quantitative estimate of drug-likeness (QED) is 0.597. The lowest BCUT2D eigenvalue weighted by atomic mass is 10.0. The van der Waals surface area contributed by atoms with Gasteiger partial charge in [-0.15, -0.1) is 0 Å². The van der Waals surface area contributed by atoms with Crippen molar-refractivity contribution >= 4 is 22.5 Å². The number of methoxy groups -OCH3 is 2. The monoisotopic (exact) mass is 464 g/mol. The summed E-state index contributed by atoms with van der Waals surface area (Å²) < 4.78 is 10.7. The lowest BCUT2D eigenvalue weighted by molar-refractivity contribution is -0.133. The Morgan fingerprint density at radius 2 is 1.79 bits per heavy atom. The zero-order valence-corrected chi connectivity index (χ0v) is 20.4. The van der Waals surface area contributed by atoms with Gasteiger partial charge in [-0.25, -0.2) is 4.98 Å². The van der Waals surface area contributed by atoms with Crippen molar-refractivity contribution < 1.29 is 14.3 Å². The Bertz CT molecular complexity index is 1230. The number of H-pyrrole nitrogens is 1. The van der Waals surface area contributed by atoms with Crippen molar-refractivity contribution in [1.82, 2.24) is 14.9 Å². The summed E-state index contributed by atoms with van der Waals surface area (Å²) >= 11 is 0. The van der Waals surface area contributed by atoms with Crippen molar-refractivity contribution in [2.75, 3.05) is 32.2 Å². The Morgan fingerprint density at radius 1 is 1.12 bits per heavy atom. The number of aromatic amines is 1. The van der Waals surface area contributed by atoms with Crippen LogP contribution in [0.1, 0.15) is 33.6 Å². The molecule has 8 heteroatoms. The maximum Gasteiger partial charge on any atom is 0.262 e. The summed E-state index contributed by atoms with van der Waals surface area (Å²) in [6, 6.07) is 12.0. The molecule has 34 heavy (non-hydrogen) atoms. The first-order valence-corrected chi connectivity index (χ1v) is 11.6. The fourth-order valence-electron chi connectivity index (χ4n) is 4.90. The Labute approximate surface area is 199 Å². The van der Waals surface area contributed by atoms with Crippen molar-refractivity contribution in [2.45, 2.75) is 45.7 Å². The van der Waals surface area contributed by atoms with Gasteiger partial charge in [0.25, 0.3) is 5.56 Å². The van der Waals surface area contributed by atoms with Crippen molar-refractivity contribution in [3.63, 3.8) is 0 Å². The van der Waals surface area contributed by atoms with Crippen LogP contribution >= 0.6 is 0 Å². The summed E-state index contributed by atoms with van der Waals surface area (Å²) in [4.78, 5) is 36.7. The molecular formula is C26H32N4O4. The number of ether oxygens (including phenoxy) is 2. The molecule has 0 saturated carbocycles. The van der Waals surface area contributed by atoms with Crippen LogP contribution in [0.2, 0.25) is 0 Å². The molecule has 8 nitrogen and oxygen atoms in total. The van der Waals surface area contributed by atoms with Crippen LogP contribution in [0, 0.1) is 0 Å². The summed E-state index contributed by atoms with van der Waals surface area (Å²) in [5.41, 5.74) is 2.20. The summed E-state index contributed by atoms with van der Waals surface area (Å²) in [6.45, 7) is 7.59. The minimum Gasteiger partial charge on any atom is -0.497 e. The molecular weight excluding hydrogens is 432 g/mol. The number of aromatic nitrogens is 2. The van der Waals surface area contributed by atoms with Gasteiger partial charge in [0, 0.05) is 55.5 Å². The van der Waals surface area contributed by atoms with Crippen LogP contribution in [0.25, 0.3) is 22.3 Å². The van der Waals surface area contributed by atoms with E-state index >= 15 is 0 Å². The van der Waals surface area contributed by atoms with E-state index in [0.29, 0.717) is 28.2 Å². The van der Waals surface area contributed by atoms with E-state index < -0.39 is 0 Å². The fraction of sp³-hybridized carbons (Fsp3) is 0.423. The number of rotatable bonds is 6. The normalized spacial score (nSPS) is 14.5. The number of anilines is 1. The van der Waals surface area contributed by atoms with Crippen LogP contribution in [-0.4, -0.2) is 60.2 Å². The Kier molecular flexibility index (Phi) is 6.77. The first-order chi connectivity index (χ1) is 16.3. The van der Waals surface area contributed by atoms with Crippen LogP contribution in [0.4, 0.5) is 5.69 Å². The van der Waals surface area contributed by atoms with Crippen LogP contribution < -0.4 is 19.9 Å². The van der Waals surface area contributed by atoms with Crippen molar-refractivity contribution in [3.05, 3.63) is 46.8 Å². The fourth-order valence-corrected chi connectivity index (χ4v) is 4.90. The number of carbonyl (C=O) groups is 1. The summed E-state index contributed by atoms with van der Waals surface area (Å²) in [7, 11) is 3.08. The molecule has 0 aliphatic carbocycles. The van der Waals surface area contributed by atoms with Gasteiger partial charge >= 0.3 is 0 Å². The first-order valence-electron chi connectivity index (χ1n) is 11.6. The zero-order valence-electron chi connectivity index (χ0n) is 20.4. The van der Waals surface area contributed by atoms with Crippen LogP contribution in [0.15, 0.2) is 41.2 Å². The molecule has 1 fully saturated rings. The summed E-state index contributed by atoms with van der Waals surface area (Å²) in [6.07, 6.45) is 1.89. The Morgan fingerprint density at radius 3 is 2.35 bits per heavy atom. The van der Waals surface area contributed by atoms with Crippen LogP contribution in [0.3, 0.4) is 0 Å². The topological polar surface area (TPSA) is 87.8 Å². The van der Waals surface area contributed by atoms with Gasteiger partial charge in [0.2, 0.25) is 5.91 Å². The van der Waals surface area contributed by atoms with Gasteiger partial charge in [0.05, 0.1) is 19.7 Å². The lowest BCUT2D eigenvalue weighted by Gasteiger charge is -2.41. The third-order valence-electron chi connectivity index (χ3n) is 6.49. The summed E-state index contributed by atoms with van der Waals surface area (Å²) in [5.74, 6) is 1.64. The molecule has 4 rings (SSSR count). The number of fused-ring (bicyclic) bond motifs is 1. The Balaban J connectivity index is 1.54. The number of nitrogens with one attached hydrogen (secondary N) is 1. The number of hydrogen-bond donors (Lipinski definition) is 1. The molecule has 3 aromatic rings. The predicted molar refractivity (Wildman–Crippen MR) is 134 cm³/mol. The average molecular weight is 465 g/mol. The van der Waals surface area contributed by atoms with Gasteiger partial charge < -0.3 is 24.3 Å². The van der Waals surface area contributed by atoms with Crippen molar-refractivity contribution in [1.29, 1.82) is 0 Å². The molecule has 0 radical (unpaired) electrons. The van der Waals surface area contributed by atoms with Gasteiger partial charge in [0.15, 0.2) is 0 Å². The number of benzene rings is 2. The molecule has 1 aliphatic heterocycles. The standard InChI is InChI=1S/C26H32N4O4/c1-16(2)30(17(3)31)20-10-12-29(13-11-20)19-8-6-18(7-9-19)25-27-22-14-21(33-4)15-23(34-5)24(22)26(32)28-25/h6-9,14-16,20H,10-13H2,1-5H3,(H,27,28,32). The van der Waals surface area contributed by atoms with Crippen molar-refractivity contribution in [3.8, 4) is 22.9 Å². The van der Waals surface area contributed by atoms with E-state index in [2.05, 4.69) is 40.8 Å². The van der Waals surface area contributed by atoms with Crippen LogP contribution in [0.5, 0.6) is 11.5 Å². The van der Waals surface area contributed by atoms with Crippen molar-refractivity contribution in [2.24, 2.45) is 0 Å². The Hall–Kier alpha value is -3.55. The molecule has 1 aliphatic rings. The third kappa shape index (κ3) is 4.58. The van der Waals surface area contributed by atoms with Gasteiger partial charge in [0.1, 0.15) is 22.7 Å². The molecule has 2 heterocycles. The smallest absolute Gasteiger partial charge is 0.262 e. The van der Waals surface area contributed by atoms with Gasteiger partial charge in [-0.1, -0.05) is 0 Å². The van der Waals surface area contributed by atoms with E-state index in [1.54, 1.807) is 26.2 Å². The van der Waals surface area contributed by atoms with E-state index in [9.17, 15) is 9.59 Å². The number of nitrogens with zero attached hydrogens (tertiary/aromatic N) is 3. The minimum absolute atomic E-state index is 0.143. The SMILES string of the molecule is COc1cc(OC)c2c(=O)[nH]c(-c3ccc(N4CCC(N(C(C)=O)C(C)C)CC4)cc3)nc2c1. The van der Waals surface area contributed by atoms with Gasteiger partial charge in [-0.2, -0.15) is 0 Å². The largest absolute Gasteiger partial charge is 0.497 e. The highest BCUT2D eigenvalue weighted by molar-refractivity contribution is 5.87. The predicted octanol–water partition coefficient (Wildman–Crippen LogP) is 3.83. The van der Waals surface area contributed by atoms with Gasteiger partial charge in [-0.05, 0) is 51.0 Å². The molecule has 1 aromatic heterocycles. The van der Waals surface area contributed by atoms with E-state index in [1.807, 2.05) is 17.0 Å². The molecule has 0 unspecified atom stereocenters. The summed E-state index contributed by atoms with van der Waals surface area (Å²) in [5, 5.41) is 0.396. The molecule has 0 spiro atoms. The van der Waals surface area contributed by atoms with E-state index in [4.69, 9.17) is 9.47 Å². The first kappa shape index (κ1) is 23.6. The minimum atomic E-state index is -0.258. The average Bonchev–Trinajstić information content (AvgIpc) is 2.83. The zero-order chi connectivity index (χ0) is 24.4. The molecule has 1 N–H and O–H groups in total. The molecule has 1 amide bonds. The maximum absolute atomic E-state index is 12.8. The number of hydrogen-bond acceptors (Lipinski definition) is 6. The van der Waals surface area contributed by atoms with Gasteiger partial charge in [-0.3, -0.25) is 9.59 Å². The highest BCUT2D eigenvalue weighted by Gasteiger charge is 2.28. The second-order valence-corrected chi connectivity index (χ2v) is 8.92. The maximum atomic E-state index is 12.8. The molecule has 0 atom stereocenters. The third-order valence-corrected chi connectivity index (χ3v) is 6.49. The number of amides is 1. The lowest BCUT2D eigenvalue weighted by Crippen LogP contribution is -2.49. The highest BCUT2D eigenvalue weighted by Crippen LogP contribution is 2.30. The van der Waals surface area contributed by atoms with E-state index in [1.165, 1.54) is 7.11 Å². The van der Waals surface area contributed by atoms with Crippen LogP contribution in [-0.2, 0) is 4.79 Å². The molecule has 2 aromatic carbocycles. The van der Waals surface area contributed by atoms with E-state index in [-0.39, 0.29) is 23.6 Å². The number of piperidine rings is 1. The highest BCUT2D eigenvalue weighted by atomic mass is 16.5. The molecule has 180 valence electrons.